The zero-order chi connectivity index (χ0) is 13.8. The molecule has 2 atom stereocenters. The highest BCUT2D eigenvalue weighted by Gasteiger charge is 2.25. The van der Waals surface area contributed by atoms with Gasteiger partial charge in [-0.2, -0.15) is 0 Å². The first-order chi connectivity index (χ1) is 9.08. The van der Waals surface area contributed by atoms with Crippen molar-refractivity contribution in [2.45, 2.75) is 18.6 Å². The quantitative estimate of drug-likeness (QED) is 0.632. The lowest BCUT2D eigenvalue weighted by Gasteiger charge is -2.26. The number of carbonyl (C=O) groups excluding carboxylic acids is 1. The molecule has 0 saturated carbocycles. The molecule has 0 spiro atoms. The smallest absolute Gasteiger partial charge is 0.282 e. The first-order valence-electron chi connectivity index (χ1n) is 5.97. The monoisotopic (exact) mass is 267 g/mol. The van der Waals surface area contributed by atoms with Gasteiger partial charge in [0.15, 0.2) is 0 Å². The Balaban J connectivity index is 2.09. The summed E-state index contributed by atoms with van der Waals surface area (Å²) in [6, 6.07) is 5.35. The number of rotatable bonds is 3. The van der Waals surface area contributed by atoms with Crippen molar-refractivity contribution < 1.29 is 14.1 Å². The third-order valence-corrected chi connectivity index (χ3v) is 2.98. The Morgan fingerprint density at radius 3 is 2.84 bits per heavy atom. The van der Waals surface area contributed by atoms with Gasteiger partial charge >= 0.3 is 0 Å². The summed E-state index contributed by atoms with van der Waals surface area (Å²) in [6.45, 7) is 0.741. The lowest BCUT2D eigenvalue weighted by atomic mass is 10.1. The van der Waals surface area contributed by atoms with Crippen LogP contribution in [0.5, 0.6) is 0 Å². The van der Waals surface area contributed by atoms with Crippen LogP contribution in [-0.4, -0.2) is 36.1 Å². The highest BCUT2D eigenvalue weighted by molar-refractivity contribution is 5.98. The van der Waals surface area contributed by atoms with Gasteiger partial charge in [-0.15, -0.1) is 0 Å². The van der Waals surface area contributed by atoms with Crippen molar-refractivity contribution in [1.82, 2.24) is 10.6 Å². The normalized spacial score (nSPS) is 22.8. The van der Waals surface area contributed by atoms with Gasteiger partial charge in [-0.25, -0.2) is 4.39 Å². The molecule has 1 aliphatic rings. The number of nitro benzene ring substituents is 1. The van der Waals surface area contributed by atoms with Gasteiger partial charge in [0, 0.05) is 31.6 Å². The van der Waals surface area contributed by atoms with Crippen LogP contribution in [0, 0.1) is 10.1 Å². The molecule has 1 saturated heterocycles. The van der Waals surface area contributed by atoms with Crippen LogP contribution in [0.3, 0.4) is 0 Å². The maximum absolute atomic E-state index is 13.2. The first-order valence-corrected chi connectivity index (χ1v) is 5.97. The van der Waals surface area contributed by atoms with E-state index in [1.54, 1.807) is 6.07 Å². The maximum atomic E-state index is 13.2. The number of piperidine rings is 1. The summed E-state index contributed by atoms with van der Waals surface area (Å²) in [5, 5.41) is 16.3. The number of para-hydroxylation sites is 1. The predicted molar refractivity (Wildman–Crippen MR) is 66.7 cm³/mol. The van der Waals surface area contributed by atoms with Crippen LogP contribution in [0.25, 0.3) is 0 Å². The summed E-state index contributed by atoms with van der Waals surface area (Å²) >= 11 is 0. The third-order valence-electron chi connectivity index (χ3n) is 2.98. The Labute approximate surface area is 109 Å². The van der Waals surface area contributed by atoms with E-state index in [-0.39, 0.29) is 30.3 Å². The molecule has 0 aliphatic carbocycles. The largest absolute Gasteiger partial charge is 0.348 e. The Morgan fingerprint density at radius 1 is 1.42 bits per heavy atom. The number of nitrogens with one attached hydrogen (secondary N) is 2. The minimum Gasteiger partial charge on any atom is -0.348 e. The molecule has 7 heteroatoms. The second kappa shape index (κ2) is 5.75. The lowest BCUT2D eigenvalue weighted by molar-refractivity contribution is -0.385. The summed E-state index contributed by atoms with van der Waals surface area (Å²) in [5.41, 5.74) is -0.256. The second-order valence-electron chi connectivity index (χ2n) is 4.44. The molecular weight excluding hydrogens is 253 g/mol. The second-order valence-corrected chi connectivity index (χ2v) is 4.44. The van der Waals surface area contributed by atoms with E-state index in [2.05, 4.69) is 10.6 Å². The fourth-order valence-electron chi connectivity index (χ4n) is 2.09. The van der Waals surface area contributed by atoms with E-state index in [4.69, 9.17) is 0 Å². The summed E-state index contributed by atoms with van der Waals surface area (Å²) in [7, 11) is 0. The van der Waals surface area contributed by atoms with Crippen LogP contribution in [-0.2, 0) is 0 Å². The van der Waals surface area contributed by atoms with Gasteiger partial charge in [0.1, 0.15) is 11.7 Å². The van der Waals surface area contributed by atoms with Gasteiger partial charge < -0.3 is 10.6 Å². The van der Waals surface area contributed by atoms with Gasteiger partial charge in [0.25, 0.3) is 11.6 Å². The standard InChI is InChI=1S/C12H14FN3O3/c13-8-5-9(7-14-6-8)15-12(17)10-3-1-2-4-11(10)16(18)19/h1-4,8-9,14H,5-7H2,(H,15,17)/t8-,9+/m1/s1. The topological polar surface area (TPSA) is 84.3 Å². The van der Waals surface area contributed by atoms with Crippen LogP contribution >= 0.6 is 0 Å². The van der Waals surface area contributed by atoms with Crippen molar-refractivity contribution in [1.29, 1.82) is 0 Å². The maximum Gasteiger partial charge on any atom is 0.282 e. The Bertz CT molecular complexity index is 495. The zero-order valence-electron chi connectivity index (χ0n) is 10.1. The van der Waals surface area contributed by atoms with E-state index >= 15 is 0 Å². The molecule has 19 heavy (non-hydrogen) atoms. The highest BCUT2D eigenvalue weighted by Crippen LogP contribution is 2.18. The molecule has 1 fully saturated rings. The first kappa shape index (κ1) is 13.4. The molecule has 1 amide bonds. The number of alkyl halides is 1. The number of amides is 1. The SMILES string of the molecule is O=C(N[C@@H]1CNC[C@H](F)C1)c1ccccc1[N+](=O)[O-]. The van der Waals surface area contributed by atoms with E-state index in [0.29, 0.717) is 6.54 Å². The van der Waals surface area contributed by atoms with Crippen molar-refractivity contribution in [3.8, 4) is 0 Å². The number of carbonyl (C=O) groups is 1. The highest BCUT2D eigenvalue weighted by atomic mass is 19.1. The molecule has 2 N–H and O–H groups in total. The fraction of sp³-hybridized carbons (Fsp3) is 0.417. The van der Waals surface area contributed by atoms with Gasteiger partial charge in [-0.05, 0) is 6.07 Å². The van der Waals surface area contributed by atoms with Crippen molar-refractivity contribution in [2.75, 3.05) is 13.1 Å². The Hall–Kier alpha value is -2.02. The van der Waals surface area contributed by atoms with E-state index in [1.165, 1.54) is 18.2 Å². The summed E-state index contributed by atoms with van der Waals surface area (Å²) in [5.74, 6) is -0.548. The number of benzene rings is 1. The number of nitrogens with zero attached hydrogens (tertiary/aromatic N) is 1. The van der Waals surface area contributed by atoms with E-state index in [1.807, 2.05) is 0 Å². The van der Waals surface area contributed by atoms with E-state index in [0.717, 1.165) is 0 Å². The van der Waals surface area contributed by atoms with Crippen LogP contribution in [0.15, 0.2) is 24.3 Å². The summed E-state index contributed by atoms with van der Waals surface area (Å²) in [4.78, 5) is 22.2. The average molecular weight is 267 g/mol. The molecule has 0 bridgehead atoms. The molecule has 1 aromatic rings. The van der Waals surface area contributed by atoms with E-state index < -0.39 is 17.0 Å². The van der Waals surface area contributed by atoms with Crippen LogP contribution in [0.2, 0.25) is 0 Å². The predicted octanol–water partition coefficient (Wildman–Crippen LogP) is 1.02. The molecule has 1 aliphatic heterocycles. The number of hydrogen-bond donors (Lipinski definition) is 2. The van der Waals surface area contributed by atoms with Crippen molar-refractivity contribution in [3.63, 3.8) is 0 Å². The summed E-state index contributed by atoms with van der Waals surface area (Å²) < 4.78 is 13.2. The molecule has 1 heterocycles. The van der Waals surface area contributed by atoms with Gasteiger partial charge in [-0.3, -0.25) is 14.9 Å². The minimum absolute atomic E-state index is 0.00604. The third kappa shape index (κ3) is 3.25. The van der Waals surface area contributed by atoms with Crippen LogP contribution in [0.4, 0.5) is 10.1 Å². The molecule has 1 aromatic carbocycles. The molecule has 0 aromatic heterocycles. The van der Waals surface area contributed by atoms with E-state index in [9.17, 15) is 19.3 Å². The summed E-state index contributed by atoms with van der Waals surface area (Å²) in [6.07, 6.45) is -0.788. The van der Waals surface area contributed by atoms with Crippen molar-refractivity contribution >= 4 is 11.6 Å². The lowest BCUT2D eigenvalue weighted by Crippen LogP contribution is -2.49. The van der Waals surface area contributed by atoms with Gasteiger partial charge in [-0.1, -0.05) is 12.1 Å². The van der Waals surface area contributed by atoms with Crippen molar-refractivity contribution in [3.05, 3.63) is 39.9 Å². The molecule has 6 nitrogen and oxygen atoms in total. The zero-order valence-corrected chi connectivity index (χ0v) is 10.1. The Morgan fingerprint density at radius 2 is 2.16 bits per heavy atom. The minimum atomic E-state index is -1.01. The van der Waals surface area contributed by atoms with Crippen LogP contribution in [0.1, 0.15) is 16.8 Å². The molecule has 102 valence electrons. The molecule has 0 radical (unpaired) electrons. The number of nitro groups is 1. The number of halogens is 1. The molecule has 2 rings (SSSR count). The Kier molecular flexibility index (Phi) is 4.06. The molecule has 0 unspecified atom stereocenters. The van der Waals surface area contributed by atoms with Gasteiger partial charge in [0.05, 0.1) is 4.92 Å². The van der Waals surface area contributed by atoms with Gasteiger partial charge in [0.2, 0.25) is 0 Å². The average Bonchev–Trinajstić information content (AvgIpc) is 2.38. The fourth-order valence-corrected chi connectivity index (χ4v) is 2.09. The molecular formula is C12H14FN3O3. The van der Waals surface area contributed by atoms with Crippen LogP contribution < -0.4 is 10.6 Å². The number of hydrogen-bond acceptors (Lipinski definition) is 4. The van der Waals surface area contributed by atoms with Crippen molar-refractivity contribution in [2.24, 2.45) is 0 Å².